The van der Waals surface area contributed by atoms with Gasteiger partial charge >= 0.3 is 19.3 Å². The molecule has 0 bridgehead atoms. The van der Waals surface area contributed by atoms with Gasteiger partial charge in [-0.3, -0.25) is 0 Å². The van der Waals surface area contributed by atoms with Crippen molar-refractivity contribution < 1.29 is 41.5 Å². The molecule has 0 amide bonds. The third kappa shape index (κ3) is 14.8. The van der Waals surface area contributed by atoms with Crippen LogP contribution in [0.4, 0.5) is 0 Å². The Hall–Kier alpha value is 0.760. The molecule has 0 aromatic heterocycles. The van der Waals surface area contributed by atoms with Crippen LogP contribution >= 0.6 is 0 Å². The van der Waals surface area contributed by atoms with Crippen molar-refractivity contribution in [1.82, 2.24) is 0 Å². The zero-order valence-electron chi connectivity index (χ0n) is 1.56. The predicted octanol–water partition coefficient (Wildman–Crippen LogP) is -0.949. The van der Waals surface area contributed by atoms with Crippen molar-refractivity contribution in [3.8, 4) is 0 Å². The Kier molecular flexibility index (Phi) is 269. The Bertz CT molecular complexity index is 6.00. The fourth-order valence-electron chi connectivity index (χ4n) is 0. The molecule has 2 nitrogen and oxygen atoms in total. The average Bonchev–Trinajstić information content (AvgIpc) is 1.00. The Labute approximate surface area is 42.0 Å². The summed E-state index contributed by atoms with van der Waals surface area (Å²) in [6, 6.07) is 0. The monoisotopic (exact) mass is 151 g/mol. The zero-order valence-corrected chi connectivity index (χ0v) is 3.59. The van der Waals surface area contributed by atoms with Crippen LogP contribution in [-0.2, 0) is 36.1 Å². The molecule has 0 saturated heterocycles. The Morgan fingerprint density at radius 2 is 1.25 bits per heavy atom. The predicted molar refractivity (Wildman–Crippen MR) is 4.30 cm³/mol. The fraction of sp³-hybridized carbons (Fsp3) is 0. The van der Waals surface area contributed by atoms with Gasteiger partial charge in [-0.2, -0.15) is 0 Å². The number of rotatable bonds is 0. The van der Waals surface area contributed by atoms with Crippen molar-refractivity contribution in [3.63, 3.8) is 0 Å². The minimum absolute atomic E-state index is 0. The Morgan fingerprint density at radius 1 is 1.25 bits per heavy atom. The van der Waals surface area contributed by atoms with Gasteiger partial charge in [0.05, 0.1) is 0 Å². The van der Waals surface area contributed by atoms with Crippen LogP contribution < -0.4 is 0 Å². The summed E-state index contributed by atoms with van der Waals surface area (Å²) in [6.07, 6.45) is 0. The second kappa shape index (κ2) is 49.6. The SMILES string of the molecule is O.[Co].[O]=[Ni]. The summed E-state index contributed by atoms with van der Waals surface area (Å²) in [5.74, 6) is 0. The molecule has 0 fully saturated rings. The van der Waals surface area contributed by atoms with Crippen LogP contribution in [0.1, 0.15) is 0 Å². The van der Waals surface area contributed by atoms with Crippen molar-refractivity contribution in [2.75, 3.05) is 0 Å². The first-order valence-corrected chi connectivity index (χ1v) is 0.532. The summed E-state index contributed by atoms with van der Waals surface area (Å²) in [5, 5.41) is 0. The van der Waals surface area contributed by atoms with E-state index in [1.165, 1.54) is 0 Å². The molecule has 0 heterocycles. The van der Waals surface area contributed by atoms with Crippen LogP contribution in [0.15, 0.2) is 0 Å². The topological polar surface area (TPSA) is 48.6 Å². The van der Waals surface area contributed by atoms with Crippen LogP contribution in [-0.4, -0.2) is 5.48 Å². The second-order valence-corrected chi connectivity index (χ2v) is 0. The van der Waals surface area contributed by atoms with Gasteiger partial charge in [-0.05, 0) is 0 Å². The number of hydrogen-bond donors (Lipinski definition) is 0. The maximum absolute atomic E-state index is 7.88. The Morgan fingerprint density at radius 3 is 1.25 bits per heavy atom. The van der Waals surface area contributed by atoms with E-state index in [-0.39, 0.29) is 22.3 Å². The number of hydrogen-bond acceptors (Lipinski definition) is 1. The molecule has 0 saturated carbocycles. The van der Waals surface area contributed by atoms with Gasteiger partial charge in [0.15, 0.2) is 0 Å². The Balaban J connectivity index is -0.00000000500. The van der Waals surface area contributed by atoms with Gasteiger partial charge in [-0.15, -0.1) is 0 Å². The summed E-state index contributed by atoms with van der Waals surface area (Å²) >= 11 is 2.62. The van der Waals surface area contributed by atoms with Crippen molar-refractivity contribution in [2.45, 2.75) is 0 Å². The molecule has 0 aliphatic rings. The quantitative estimate of drug-likeness (QED) is 0.412. The third-order valence-corrected chi connectivity index (χ3v) is 0. The van der Waals surface area contributed by atoms with E-state index in [1.54, 1.807) is 0 Å². The van der Waals surface area contributed by atoms with E-state index >= 15 is 0 Å². The maximum atomic E-state index is 7.88. The molecule has 0 spiro atoms. The first kappa shape index (κ1) is 21.7. The molecular formula is H2CoNiO2. The van der Waals surface area contributed by atoms with E-state index < -0.39 is 0 Å². The van der Waals surface area contributed by atoms with E-state index in [2.05, 4.69) is 15.4 Å². The van der Waals surface area contributed by atoms with E-state index in [9.17, 15) is 0 Å². The van der Waals surface area contributed by atoms with E-state index in [1.807, 2.05) is 0 Å². The first-order chi connectivity index (χ1) is 1.00. The molecule has 0 aromatic carbocycles. The minimum atomic E-state index is 0. The van der Waals surface area contributed by atoms with E-state index in [0.29, 0.717) is 0 Å². The molecule has 1 radical (unpaired) electrons. The van der Waals surface area contributed by atoms with Crippen molar-refractivity contribution in [3.05, 3.63) is 0 Å². The second-order valence-electron chi connectivity index (χ2n) is 0. The van der Waals surface area contributed by atoms with Gasteiger partial charge in [0.25, 0.3) is 0 Å². The summed E-state index contributed by atoms with van der Waals surface area (Å²) < 4.78 is 7.88. The van der Waals surface area contributed by atoms with Crippen molar-refractivity contribution >= 4 is 0 Å². The summed E-state index contributed by atoms with van der Waals surface area (Å²) in [4.78, 5) is 0. The normalized spacial score (nSPS) is 1.50. The summed E-state index contributed by atoms with van der Waals surface area (Å²) in [7, 11) is 0. The van der Waals surface area contributed by atoms with Crippen LogP contribution in [0.2, 0.25) is 0 Å². The molecule has 0 rings (SSSR count). The van der Waals surface area contributed by atoms with Gasteiger partial charge < -0.3 is 5.48 Å². The van der Waals surface area contributed by atoms with Crippen molar-refractivity contribution in [1.29, 1.82) is 0 Å². The standard InChI is InChI=1S/Co.Ni.H2O.O/h;;1H2;. The molecule has 4 heteroatoms. The van der Waals surface area contributed by atoms with Gasteiger partial charge in [-0.25, -0.2) is 0 Å². The van der Waals surface area contributed by atoms with E-state index in [4.69, 9.17) is 3.90 Å². The molecule has 0 atom stereocenters. The van der Waals surface area contributed by atoms with Gasteiger partial charge in [-0.1, -0.05) is 0 Å². The van der Waals surface area contributed by atoms with E-state index in [0.717, 1.165) is 0 Å². The first-order valence-electron chi connectivity index (χ1n) is 0.129. The summed E-state index contributed by atoms with van der Waals surface area (Å²) in [5.41, 5.74) is 0. The third-order valence-electron chi connectivity index (χ3n) is 0. The van der Waals surface area contributed by atoms with Gasteiger partial charge in [0.1, 0.15) is 0 Å². The zero-order chi connectivity index (χ0) is 2.00. The van der Waals surface area contributed by atoms with Crippen LogP contribution in [0.25, 0.3) is 0 Å². The van der Waals surface area contributed by atoms with Gasteiger partial charge in [0, 0.05) is 16.8 Å². The van der Waals surface area contributed by atoms with Crippen molar-refractivity contribution in [2.24, 2.45) is 0 Å². The molecule has 0 unspecified atom stereocenters. The molecule has 0 aliphatic heterocycles. The average molecular weight is 152 g/mol. The molecular weight excluding hydrogens is 150 g/mol. The summed E-state index contributed by atoms with van der Waals surface area (Å²) in [6.45, 7) is 0. The van der Waals surface area contributed by atoms with Crippen LogP contribution in [0.3, 0.4) is 0 Å². The fourth-order valence-corrected chi connectivity index (χ4v) is 0. The molecule has 2 N–H and O–H groups in total. The van der Waals surface area contributed by atoms with Crippen LogP contribution in [0, 0.1) is 0 Å². The molecule has 0 aliphatic carbocycles. The molecule has 33 valence electrons. The molecule has 4 heavy (non-hydrogen) atoms. The van der Waals surface area contributed by atoms with Crippen LogP contribution in [0.5, 0.6) is 0 Å². The van der Waals surface area contributed by atoms with Gasteiger partial charge in [0.2, 0.25) is 0 Å². The molecule has 0 aromatic rings.